The van der Waals surface area contributed by atoms with Crippen molar-refractivity contribution in [3.05, 3.63) is 18.3 Å². The van der Waals surface area contributed by atoms with Crippen LogP contribution in [-0.4, -0.2) is 23.7 Å². The van der Waals surface area contributed by atoms with E-state index in [4.69, 9.17) is 5.84 Å². The molecule has 17 heavy (non-hydrogen) atoms. The third-order valence-electron chi connectivity index (χ3n) is 2.56. The Balaban J connectivity index is 2.19. The van der Waals surface area contributed by atoms with Gasteiger partial charge in [-0.15, -0.1) is 0 Å². The van der Waals surface area contributed by atoms with Gasteiger partial charge in [0.15, 0.2) is 0 Å². The molecule has 0 aromatic carbocycles. The number of pyridine rings is 1. The summed E-state index contributed by atoms with van der Waals surface area (Å²) in [6, 6.07) is 3.05. The molecule has 0 radical (unpaired) electrons. The Labute approximate surface area is 96.6 Å². The van der Waals surface area contributed by atoms with E-state index >= 15 is 0 Å². The van der Waals surface area contributed by atoms with E-state index in [-0.39, 0.29) is 6.04 Å². The molecule has 1 aromatic heterocycles. The lowest BCUT2D eigenvalue weighted by Gasteiger charge is -2.26. The van der Waals surface area contributed by atoms with Gasteiger partial charge in [-0.2, -0.15) is 13.2 Å². The second-order valence-electron chi connectivity index (χ2n) is 4.02. The summed E-state index contributed by atoms with van der Waals surface area (Å²) in [5, 5.41) is 0. The molecule has 2 rings (SSSR count). The third kappa shape index (κ3) is 3.23. The van der Waals surface area contributed by atoms with Crippen LogP contribution in [0.4, 0.5) is 24.7 Å². The largest absolute Gasteiger partial charge is 0.405 e. The van der Waals surface area contributed by atoms with Crippen LogP contribution in [0.25, 0.3) is 0 Å². The summed E-state index contributed by atoms with van der Waals surface area (Å²) >= 11 is 0. The van der Waals surface area contributed by atoms with E-state index in [9.17, 15) is 13.2 Å². The van der Waals surface area contributed by atoms with E-state index in [1.165, 1.54) is 17.2 Å². The molecule has 1 fully saturated rings. The number of nitrogens with one attached hydrogen (secondary N) is 1. The first-order valence-corrected chi connectivity index (χ1v) is 5.25. The molecule has 94 valence electrons. The van der Waals surface area contributed by atoms with Crippen LogP contribution in [0.2, 0.25) is 0 Å². The van der Waals surface area contributed by atoms with Crippen LogP contribution in [0.5, 0.6) is 0 Å². The van der Waals surface area contributed by atoms with E-state index in [1.54, 1.807) is 6.07 Å². The number of halogens is 3. The minimum absolute atomic E-state index is 0.0235. The standard InChI is InChI=1S/C10H13F3N4/c11-10(12,13)6-17(7-1-2-7)8-3-4-15-9(5-8)16-14/h3-5,7H,1-2,6,14H2,(H,15,16). The molecule has 0 aliphatic heterocycles. The summed E-state index contributed by atoms with van der Waals surface area (Å²) in [4.78, 5) is 5.22. The molecule has 0 amide bonds. The molecule has 0 atom stereocenters. The maximum absolute atomic E-state index is 12.5. The van der Waals surface area contributed by atoms with Crippen LogP contribution in [0.15, 0.2) is 18.3 Å². The first-order valence-electron chi connectivity index (χ1n) is 5.25. The van der Waals surface area contributed by atoms with Gasteiger partial charge >= 0.3 is 6.18 Å². The third-order valence-corrected chi connectivity index (χ3v) is 2.56. The molecule has 3 N–H and O–H groups in total. The molecular weight excluding hydrogens is 233 g/mol. The van der Waals surface area contributed by atoms with E-state index in [2.05, 4.69) is 10.4 Å². The normalized spacial score (nSPS) is 15.8. The lowest BCUT2D eigenvalue weighted by atomic mass is 10.3. The van der Waals surface area contributed by atoms with Crippen LogP contribution in [-0.2, 0) is 0 Å². The molecule has 0 unspecified atom stereocenters. The summed E-state index contributed by atoms with van der Waals surface area (Å²) in [5.41, 5.74) is 2.82. The highest BCUT2D eigenvalue weighted by Crippen LogP contribution is 2.34. The molecule has 1 aliphatic carbocycles. The number of aromatic nitrogens is 1. The van der Waals surface area contributed by atoms with Gasteiger partial charge in [0.2, 0.25) is 0 Å². The van der Waals surface area contributed by atoms with Gasteiger partial charge in [0.05, 0.1) is 0 Å². The average molecular weight is 246 g/mol. The number of rotatable bonds is 4. The second kappa shape index (κ2) is 4.40. The quantitative estimate of drug-likeness (QED) is 0.629. The Bertz CT molecular complexity index is 389. The smallest absolute Gasteiger partial charge is 0.359 e. The number of anilines is 2. The Morgan fingerprint density at radius 1 is 1.47 bits per heavy atom. The van der Waals surface area contributed by atoms with Crippen LogP contribution in [0.1, 0.15) is 12.8 Å². The van der Waals surface area contributed by atoms with Crippen LogP contribution in [0.3, 0.4) is 0 Å². The maximum atomic E-state index is 12.5. The van der Waals surface area contributed by atoms with Crippen LogP contribution < -0.4 is 16.2 Å². The predicted molar refractivity (Wildman–Crippen MR) is 58.5 cm³/mol. The van der Waals surface area contributed by atoms with Crippen molar-refractivity contribution in [3.8, 4) is 0 Å². The van der Waals surface area contributed by atoms with Crippen LogP contribution in [0, 0.1) is 0 Å². The summed E-state index contributed by atoms with van der Waals surface area (Å²) in [6.45, 7) is -0.939. The van der Waals surface area contributed by atoms with Gasteiger partial charge < -0.3 is 10.3 Å². The van der Waals surface area contributed by atoms with Gasteiger partial charge in [0.25, 0.3) is 0 Å². The number of nitrogens with zero attached hydrogens (tertiary/aromatic N) is 2. The van der Waals surface area contributed by atoms with Gasteiger partial charge in [-0.3, -0.25) is 0 Å². The van der Waals surface area contributed by atoms with E-state index in [0.717, 1.165) is 12.8 Å². The average Bonchev–Trinajstić information content (AvgIpc) is 3.09. The first kappa shape index (κ1) is 12.0. The Morgan fingerprint density at radius 2 is 2.18 bits per heavy atom. The van der Waals surface area contributed by atoms with E-state index < -0.39 is 12.7 Å². The maximum Gasteiger partial charge on any atom is 0.405 e. The van der Waals surface area contributed by atoms with Crippen molar-refractivity contribution in [2.75, 3.05) is 16.9 Å². The zero-order valence-electron chi connectivity index (χ0n) is 9.04. The molecule has 0 spiro atoms. The van der Waals surface area contributed by atoms with E-state index in [1.807, 2.05) is 0 Å². The monoisotopic (exact) mass is 246 g/mol. The summed E-state index contributed by atoms with van der Waals surface area (Å²) in [7, 11) is 0. The fraction of sp³-hybridized carbons (Fsp3) is 0.500. The number of hydrazine groups is 1. The van der Waals surface area contributed by atoms with Crippen molar-refractivity contribution in [2.45, 2.75) is 25.1 Å². The predicted octanol–water partition coefficient (Wildman–Crippen LogP) is 1.90. The van der Waals surface area contributed by atoms with Gasteiger partial charge in [-0.1, -0.05) is 0 Å². The van der Waals surface area contributed by atoms with E-state index in [0.29, 0.717) is 11.5 Å². The van der Waals surface area contributed by atoms with Crippen molar-refractivity contribution in [2.24, 2.45) is 5.84 Å². The van der Waals surface area contributed by atoms with Crippen molar-refractivity contribution in [1.29, 1.82) is 0 Å². The van der Waals surface area contributed by atoms with Crippen molar-refractivity contribution >= 4 is 11.5 Å². The summed E-state index contributed by atoms with van der Waals surface area (Å²) < 4.78 is 37.4. The molecule has 0 bridgehead atoms. The molecule has 7 heteroatoms. The van der Waals surface area contributed by atoms with Crippen molar-refractivity contribution < 1.29 is 13.2 Å². The van der Waals surface area contributed by atoms with Gasteiger partial charge in [0, 0.05) is 24.0 Å². The number of hydrogen-bond donors (Lipinski definition) is 2. The number of nitrogen functional groups attached to an aromatic ring is 1. The van der Waals surface area contributed by atoms with Gasteiger partial charge in [0.1, 0.15) is 12.4 Å². The Hall–Kier alpha value is -1.50. The highest BCUT2D eigenvalue weighted by atomic mass is 19.4. The molecule has 4 nitrogen and oxygen atoms in total. The van der Waals surface area contributed by atoms with Gasteiger partial charge in [-0.05, 0) is 18.9 Å². The molecule has 1 saturated carbocycles. The Morgan fingerprint density at radius 3 is 2.71 bits per heavy atom. The second-order valence-corrected chi connectivity index (χ2v) is 4.02. The molecule has 0 saturated heterocycles. The van der Waals surface area contributed by atoms with Crippen LogP contribution >= 0.6 is 0 Å². The summed E-state index contributed by atoms with van der Waals surface area (Å²) in [5.74, 6) is 5.54. The van der Waals surface area contributed by atoms with Crippen molar-refractivity contribution in [3.63, 3.8) is 0 Å². The first-order chi connectivity index (χ1) is 7.99. The van der Waals surface area contributed by atoms with Crippen molar-refractivity contribution in [1.82, 2.24) is 4.98 Å². The molecule has 1 heterocycles. The fourth-order valence-electron chi connectivity index (χ4n) is 1.69. The zero-order chi connectivity index (χ0) is 12.5. The fourth-order valence-corrected chi connectivity index (χ4v) is 1.69. The highest BCUT2D eigenvalue weighted by Gasteiger charge is 2.38. The SMILES string of the molecule is NNc1cc(N(CC(F)(F)F)C2CC2)ccn1. The molecule has 1 aromatic rings. The number of alkyl halides is 3. The lowest BCUT2D eigenvalue weighted by Crippen LogP contribution is -2.36. The highest BCUT2D eigenvalue weighted by molar-refractivity contribution is 5.55. The molecular formula is C10H13F3N4. The minimum Gasteiger partial charge on any atom is -0.359 e. The number of hydrogen-bond acceptors (Lipinski definition) is 4. The topological polar surface area (TPSA) is 54.2 Å². The lowest BCUT2D eigenvalue weighted by molar-refractivity contribution is -0.120. The minimum atomic E-state index is -4.21. The number of nitrogens with two attached hydrogens (primary N) is 1. The zero-order valence-corrected chi connectivity index (χ0v) is 9.04. The van der Waals surface area contributed by atoms with Gasteiger partial charge in [-0.25, -0.2) is 10.8 Å². The summed E-state index contributed by atoms with van der Waals surface area (Å²) in [6.07, 6.45) is -1.17. The Kier molecular flexibility index (Phi) is 3.10. The molecule has 1 aliphatic rings.